The molecule has 0 aliphatic carbocycles. The van der Waals surface area contributed by atoms with Crippen molar-refractivity contribution in [1.82, 2.24) is 0 Å². The first-order chi connectivity index (χ1) is 12.6. The Hall–Kier alpha value is -3.11. The van der Waals surface area contributed by atoms with Gasteiger partial charge in [-0.05, 0) is 12.2 Å². The minimum absolute atomic E-state index is 0.212. The number of fused-ring (bicyclic) bond motifs is 2. The summed E-state index contributed by atoms with van der Waals surface area (Å²) in [5.74, 6) is 0. The molecule has 140 valence electrons. The van der Waals surface area contributed by atoms with Gasteiger partial charge < -0.3 is 37.9 Å². The van der Waals surface area contributed by atoms with Crippen LogP contribution in [0.25, 0.3) is 0 Å². The predicted molar refractivity (Wildman–Crippen MR) is 75.6 cm³/mol. The van der Waals surface area contributed by atoms with Crippen LogP contribution < -0.4 is 0 Å². The van der Waals surface area contributed by atoms with Gasteiger partial charge in [0.15, 0.2) is 36.6 Å². The zero-order valence-corrected chi connectivity index (χ0v) is 13.2. The van der Waals surface area contributed by atoms with Crippen LogP contribution in [0.3, 0.4) is 0 Å². The molecular formula is C15H14O11. The van der Waals surface area contributed by atoms with Crippen LogP contribution >= 0.6 is 0 Å². The van der Waals surface area contributed by atoms with Crippen LogP contribution in [0.5, 0.6) is 0 Å². The van der Waals surface area contributed by atoms with Crippen molar-refractivity contribution in [3.63, 3.8) is 0 Å². The fraction of sp³-hybridized carbons (Fsp3) is 0.533. The van der Waals surface area contributed by atoms with Gasteiger partial charge in [0.25, 0.3) is 0 Å². The van der Waals surface area contributed by atoms with Crippen molar-refractivity contribution < 1.29 is 52.3 Å². The Balaban J connectivity index is 1.23. The molecule has 0 aromatic heterocycles. The van der Waals surface area contributed by atoms with E-state index in [0.717, 1.165) is 0 Å². The van der Waals surface area contributed by atoms with Crippen LogP contribution in [-0.4, -0.2) is 68.3 Å². The van der Waals surface area contributed by atoms with Gasteiger partial charge in [0.1, 0.15) is 13.2 Å². The molecule has 3 unspecified atom stereocenters. The van der Waals surface area contributed by atoms with Crippen LogP contribution in [0.2, 0.25) is 0 Å². The first-order valence-electron chi connectivity index (χ1n) is 7.78. The standard InChI is InChI=1S/C15H14O11/c16-13(21-5-9-11-7(1-3-19-9)23-14(17)25-11)22-6-10-12-8(2-4-20-10)24-15(18)26-12/h1-4,7-12H,5-6H2/t7-,8?,9-,10?,11-,12?/m1/s1. The molecule has 6 atom stereocenters. The molecule has 0 radical (unpaired) electrons. The molecule has 0 spiro atoms. The fourth-order valence-electron chi connectivity index (χ4n) is 2.85. The average Bonchev–Trinajstić information content (AvgIpc) is 3.19. The number of ether oxygens (including phenoxy) is 8. The number of carbonyl (C=O) groups is 3. The van der Waals surface area contributed by atoms with Gasteiger partial charge in [-0.2, -0.15) is 0 Å². The van der Waals surface area contributed by atoms with E-state index in [9.17, 15) is 14.4 Å². The number of rotatable bonds is 4. The summed E-state index contributed by atoms with van der Waals surface area (Å²) in [7, 11) is 0. The van der Waals surface area contributed by atoms with Crippen molar-refractivity contribution >= 4 is 18.5 Å². The SMILES string of the molecule is O=C(OCC1OC=CC2OC(=O)OC21)OC[C@H]1OC=C[C@H]2OC(=O)O[C@H]21. The molecule has 0 saturated carbocycles. The number of hydrogen-bond acceptors (Lipinski definition) is 11. The highest BCUT2D eigenvalue weighted by atomic mass is 16.8. The van der Waals surface area contributed by atoms with Crippen molar-refractivity contribution in [3.05, 3.63) is 24.7 Å². The predicted octanol–water partition coefficient (Wildman–Crippen LogP) is 0.773. The molecule has 4 aliphatic rings. The van der Waals surface area contributed by atoms with E-state index < -0.39 is 55.1 Å². The van der Waals surface area contributed by atoms with E-state index in [4.69, 9.17) is 37.9 Å². The van der Waals surface area contributed by atoms with Crippen LogP contribution in [0.1, 0.15) is 0 Å². The molecule has 4 rings (SSSR count). The van der Waals surface area contributed by atoms with Crippen LogP contribution in [0.15, 0.2) is 24.7 Å². The lowest BCUT2D eigenvalue weighted by molar-refractivity contribution is -0.0659. The zero-order valence-electron chi connectivity index (χ0n) is 13.2. The van der Waals surface area contributed by atoms with Crippen molar-refractivity contribution in [3.8, 4) is 0 Å². The zero-order chi connectivity index (χ0) is 18.1. The summed E-state index contributed by atoms with van der Waals surface area (Å²) in [5, 5.41) is 0. The van der Waals surface area contributed by atoms with Gasteiger partial charge in [-0.3, -0.25) is 0 Å². The smallest absolute Gasteiger partial charge is 0.491 e. The first kappa shape index (κ1) is 16.4. The highest BCUT2D eigenvalue weighted by Crippen LogP contribution is 2.26. The topological polar surface area (TPSA) is 125 Å². The minimum Gasteiger partial charge on any atom is -0.491 e. The Bertz CT molecular complexity index is 602. The fourth-order valence-corrected chi connectivity index (χ4v) is 2.85. The normalized spacial score (nSPS) is 36.3. The summed E-state index contributed by atoms with van der Waals surface area (Å²) in [5.41, 5.74) is 0. The largest absolute Gasteiger partial charge is 0.509 e. The highest BCUT2D eigenvalue weighted by Gasteiger charge is 2.46. The second kappa shape index (κ2) is 6.65. The van der Waals surface area contributed by atoms with Gasteiger partial charge in [-0.1, -0.05) is 0 Å². The van der Waals surface area contributed by atoms with Crippen molar-refractivity contribution in [2.24, 2.45) is 0 Å². The third-order valence-corrected chi connectivity index (χ3v) is 4.08. The van der Waals surface area contributed by atoms with E-state index in [1.165, 1.54) is 24.7 Å². The van der Waals surface area contributed by atoms with Gasteiger partial charge in [-0.25, -0.2) is 14.4 Å². The van der Waals surface area contributed by atoms with Crippen molar-refractivity contribution in [2.75, 3.05) is 13.2 Å². The van der Waals surface area contributed by atoms with Gasteiger partial charge in [0.2, 0.25) is 0 Å². The van der Waals surface area contributed by atoms with E-state index in [0.29, 0.717) is 0 Å². The van der Waals surface area contributed by atoms with Crippen LogP contribution in [-0.2, 0) is 37.9 Å². The second-order valence-electron chi connectivity index (χ2n) is 5.71. The molecule has 0 bridgehead atoms. The Morgan fingerprint density at radius 2 is 1.27 bits per heavy atom. The second-order valence-corrected chi connectivity index (χ2v) is 5.71. The lowest BCUT2D eigenvalue weighted by Gasteiger charge is -2.27. The lowest BCUT2D eigenvalue weighted by atomic mass is 10.1. The van der Waals surface area contributed by atoms with Crippen molar-refractivity contribution in [1.29, 1.82) is 0 Å². The third kappa shape index (κ3) is 3.19. The highest BCUT2D eigenvalue weighted by molar-refractivity contribution is 5.64. The lowest BCUT2D eigenvalue weighted by Crippen LogP contribution is -2.43. The maximum atomic E-state index is 11.8. The number of hydrogen-bond donors (Lipinski definition) is 0. The quantitative estimate of drug-likeness (QED) is 0.514. The first-order valence-corrected chi connectivity index (χ1v) is 7.78. The maximum Gasteiger partial charge on any atom is 0.509 e. The van der Waals surface area contributed by atoms with E-state index in [1.54, 1.807) is 0 Å². The molecule has 4 aliphatic heterocycles. The molecule has 0 aromatic carbocycles. The summed E-state index contributed by atoms with van der Waals surface area (Å²) < 4.78 is 40.2. The number of carbonyl (C=O) groups excluding carboxylic acids is 3. The van der Waals surface area contributed by atoms with Crippen molar-refractivity contribution in [2.45, 2.75) is 36.6 Å². The Kier molecular flexibility index (Phi) is 4.19. The van der Waals surface area contributed by atoms with Crippen LogP contribution in [0.4, 0.5) is 14.4 Å². The summed E-state index contributed by atoms with van der Waals surface area (Å²) in [4.78, 5) is 34.1. The molecular weight excluding hydrogens is 356 g/mol. The van der Waals surface area contributed by atoms with E-state index >= 15 is 0 Å². The van der Waals surface area contributed by atoms with Crippen LogP contribution in [0, 0.1) is 0 Å². The molecule has 0 aromatic rings. The Labute approximate surface area is 146 Å². The average molecular weight is 370 g/mol. The van der Waals surface area contributed by atoms with Gasteiger partial charge in [0, 0.05) is 0 Å². The third-order valence-electron chi connectivity index (χ3n) is 4.08. The molecule has 26 heavy (non-hydrogen) atoms. The van der Waals surface area contributed by atoms with E-state index in [1.807, 2.05) is 0 Å². The van der Waals surface area contributed by atoms with E-state index in [2.05, 4.69) is 0 Å². The summed E-state index contributed by atoms with van der Waals surface area (Å²) in [6, 6.07) is 0. The summed E-state index contributed by atoms with van der Waals surface area (Å²) in [6.45, 7) is -0.423. The molecule has 0 N–H and O–H groups in total. The molecule has 2 fully saturated rings. The molecule has 11 heteroatoms. The van der Waals surface area contributed by atoms with Gasteiger partial charge in [-0.15, -0.1) is 0 Å². The van der Waals surface area contributed by atoms with Gasteiger partial charge in [0.05, 0.1) is 12.5 Å². The summed E-state index contributed by atoms with van der Waals surface area (Å²) >= 11 is 0. The molecule has 0 amide bonds. The van der Waals surface area contributed by atoms with E-state index in [-0.39, 0.29) is 13.2 Å². The minimum atomic E-state index is -0.982. The maximum absolute atomic E-state index is 11.8. The molecule has 4 heterocycles. The Morgan fingerprint density at radius 3 is 1.73 bits per heavy atom. The summed E-state index contributed by atoms with van der Waals surface area (Å²) in [6.07, 6.45) is -0.873. The molecule has 11 nitrogen and oxygen atoms in total. The Morgan fingerprint density at radius 1 is 0.808 bits per heavy atom. The molecule has 2 saturated heterocycles. The monoisotopic (exact) mass is 370 g/mol. The van der Waals surface area contributed by atoms with Gasteiger partial charge >= 0.3 is 18.5 Å².